The van der Waals surface area contributed by atoms with Crippen LogP contribution in [-0.4, -0.2) is 47.4 Å². The van der Waals surface area contributed by atoms with Gasteiger partial charge < -0.3 is 25.6 Å². The number of halogens is 1. The molecule has 0 saturated carbocycles. The van der Waals surface area contributed by atoms with Crippen LogP contribution in [0.15, 0.2) is 22.7 Å². The van der Waals surface area contributed by atoms with Crippen LogP contribution >= 0.6 is 15.9 Å². The minimum Gasteiger partial charge on any atom is -0.479 e. The second kappa shape index (κ2) is 7.23. The summed E-state index contributed by atoms with van der Waals surface area (Å²) >= 11 is 3.20. The highest BCUT2D eigenvalue weighted by Gasteiger charge is 2.30. The largest absolute Gasteiger partial charge is 0.479 e. The van der Waals surface area contributed by atoms with Gasteiger partial charge in [-0.1, -0.05) is 15.9 Å². The molecule has 1 unspecified atom stereocenters. The third-order valence-electron chi connectivity index (χ3n) is 2.69. The van der Waals surface area contributed by atoms with Crippen LogP contribution in [0, 0.1) is 0 Å². The van der Waals surface area contributed by atoms with Crippen molar-refractivity contribution in [1.29, 1.82) is 0 Å². The van der Waals surface area contributed by atoms with E-state index in [1.54, 1.807) is 6.07 Å². The quantitative estimate of drug-likeness (QED) is 0.573. The zero-order chi connectivity index (χ0) is 16.9. The Hall–Kier alpha value is -2.13. The van der Waals surface area contributed by atoms with Crippen molar-refractivity contribution in [2.75, 3.05) is 19.0 Å². The van der Waals surface area contributed by atoms with Gasteiger partial charge in [0.05, 0.1) is 24.9 Å². The molecule has 9 heteroatoms. The third-order valence-corrected chi connectivity index (χ3v) is 3.18. The Morgan fingerprint density at radius 1 is 1.36 bits per heavy atom. The average Bonchev–Trinajstić information content (AvgIpc) is 2.46. The highest BCUT2D eigenvalue weighted by Crippen LogP contribution is 2.21. The van der Waals surface area contributed by atoms with Crippen molar-refractivity contribution in [3.63, 3.8) is 0 Å². The van der Waals surface area contributed by atoms with Crippen molar-refractivity contribution >= 4 is 39.6 Å². The van der Waals surface area contributed by atoms with Crippen LogP contribution in [0.25, 0.3) is 0 Å². The van der Waals surface area contributed by atoms with E-state index in [2.05, 4.69) is 31.3 Å². The van der Waals surface area contributed by atoms with E-state index in [1.807, 2.05) is 0 Å². The number of carboxylic acids is 1. The molecule has 1 aromatic carbocycles. The number of aliphatic hydroxyl groups is 1. The lowest BCUT2D eigenvalue weighted by Gasteiger charge is -2.18. The number of anilines is 1. The number of hydrogen-bond donors (Lipinski definition) is 4. The van der Waals surface area contributed by atoms with E-state index in [4.69, 9.17) is 5.11 Å². The molecule has 22 heavy (non-hydrogen) atoms. The topological polar surface area (TPSA) is 125 Å². The predicted molar refractivity (Wildman–Crippen MR) is 80.8 cm³/mol. The van der Waals surface area contributed by atoms with Crippen LogP contribution in [0.5, 0.6) is 0 Å². The Labute approximate surface area is 134 Å². The first kappa shape index (κ1) is 17.9. The summed E-state index contributed by atoms with van der Waals surface area (Å²) in [4.78, 5) is 34.1. The number of methoxy groups -OCH3 is 1. The van der Waals surface area contributed by atoms with Crippen molar-refractivity contribution in [2.45, 2.75) is 12.5 Å². The summed E-state index contributed by atoms with van der Waals surface area (Å²) in [5.41, 5.74) is -1.79. The molecule has 1 aromatic rings. The first-order valence-corrected chi connectivity index (χ1v) is 6.85. The maximum absolute atomic E-state index is 11.7. The molecule has 0 aromatic heterocycles. The van der Waals surface area contributed by atoms with E-state index >= 15 is 0 Å². The van der Waals surface area contributed by atoms with E-state index in [1.165, 1.54) is 19.2 Å². The number of esters is 1. The monoisotopic (exact) mass is 374 g/mol. The van der Waals surface area contributed by atoms with Crippen molar-refractivity contribution in [3.8, 4) is 0 Å². The molecule has 0 radical (unpaired) electrons. The molecule has 0 spiro atoms. The minimum atomic E-state index is -2.10. The number of benzene rings is 1. The number of urea groups is 1. The maximum atomic E-state index is 11.7. The lowest BCUT2D eigenvalue weighted by atomic mass is 10.1. The first-order chi connectivity index (χ1) is 10.2. The normalized spacial score (nSPS) is 12.9. The number of ether oxygens (including phenoxy) is 1. The second-order valence-corrected chi connectivity index (χ2v) is 5.48. The molecule has 1 rings (SSSR count). The molecule has 8 nitrogen and oxygen atoms in total. The van der Waals surface area contributed by atoms with E-state index in [9.17, 15) is 19.5 Å². The molecule has 120 valence electrons. The van der Waals surface area contributed by atoms with Crippen LogP contribution in [0.3, 0.4) is 0 Å². The number of carbonyl (C=O) groups is 3. The molecular weight excluding hydrogens is 360 g/mol. The number of carboxylic acid groups (broad SMARTS) is 1. The highest BCUT2D eigenvalue weighted by atomic mass is 79.9. The number of amides is 2. The van der Waals surface area contributed by atoms with Crippen LogP contribution in [0.1, 0.15) is 17.3 Å². The fourth-order valence-electron chi connectivity index (χ4n) is 1.40. The van der Waals surface area contributed by atoms with Crippen LogP contribution in [-0.2, 0) is 9.53 Å². The van der Waals surface area contributed by atoms with Crippen LogP contribution in [0.4, 0.5) is 10.5 Å². The summed E-state index contributed by atoms with van der Waals surface area (Å²) in [6, 6.07) is 3.78. The van der Waals surface area contributed by atoms with Crippen molar-refractivity contribution < 1.29 is 29.3 Å². The Kier molecular flexibility index (Phi) is 5.89. The van der Waals surface area contributed by atoms with E-state index in [0.717, 1.165) is 6.92 Å². The zero-order valence-electron chi connectivity index (χ0n) is 11.8. The number of rotatable bonds is 5. The van der Waals surface area contributed by atoms with Gasteiger partial charge in [0.1, 0.15) is 0 Å². The van der Waals surface area contributed by atoms with Gasteiger partial charge in [0, 0.05) is 4.47 Å². The smallest absolute Gasteiger partial charge is 0.340 e. The summed E-state index contributed by atoms with van der Waals surface area (Å²) in [7, 11) is 1.21. The fourth-order valence-corrected chi connectivity index (χ4v) is 1.76. The van der Waals surface area contributed by atoms with Crippen molar-refractivity contribution in [2.24, 2.45) is 0 Å². The van der Waals surface area contributed by atoms with Crippen molar-refractivity contribution in [1.82, 2.24) is 5.32 Å². The molecule has 0 fully saturated rings. The Balaban J connectivity index is 2.81. The van der Waals surface area contributed by atoms with Gasteiger partial charge in [0.2, 0.25) is 0 Å². The number of carbonyl (C=O) groups excluding carboxylic acids is 2. The lowest BCUT2D eigenvalue weighted by Crippen LogP contribution is -2.47. The summed E-state index contributed by atoms with van der Waals surface area (Å²) in [6.45, 7) is 0.549. The van der Waals surface area contributed by atoms with E-state index in [-0.39, 0.29) is 11.3 Å². The Bertz CT molecular complexity index is 602. The van der Waals surface area contributed by atoms with E-state index < -0.39 is 30.1 Å². The second-order valence-electron chi connectivity index (χ2n) is 4.57. The van der Waals surface area contributed by atoms with Gasteiger partial charge in [0.25, 0.3) is 0 Å². The van der Waals surface area contributed by atoms with E-state index in [0.29, 0.717) is 4.47 Å². The molecule has 4 N–H and O–H groups in total. The summed E-state index contributed by atoms with van der Waals surface area (Å²) in [6.07, 6.45) is 0. The van der Waals surface area contributed by atoms with Crippen LogP contribution < -0.4 is 10.6 Å². The summed E-state index contributed by atoms with van der Waals surface area (Å²) in [5, 5.41) is 22.8. The molecule has 0 heterocycles. The van der Waals surface area contributed by atoms with Gasteiger partial charge in [-0.25, -0.2) is 14.4 Å². The predicted octanol–water partition coefficient (Wildman–Crippen LogP) is 1.19. The van der Waals surface area contributed by atoms with Gasteiger partial charge in [-0.2, -0.15) is 0 Å². The zero-order valence-corrected chi connectivity index (χ0v) is 13.4. The lowest BCUT2D eigenvalue weighted by molar-refractivity contribution is -0.155. The molecule has 0 bridgehead atoms. The molecular formula is C13H15BrN2O6. The third kappa shape index (κ3) is 4.71. The molecule has 0 aliphatic rings. The average molecular weight is 375 g/mol. The molecule has 0 aliphatic carbocycles. The van der Waals surface area contributed by atoms with Gasteiger partial charge >= 0.3 is 18.0 Å². The molecule has 2 amide bonds. The number of nitrogens with one attached hydrogen (secondary N) is 2. The minimum absolute atomic E-state index is 0.122. The van der Waals surface area contributed by atoms with Gasteiger partial charge in [-0.05, 0) is 25.1 Å². The molecule has 1 atom stereocenters. The Morgan fingerprint density at radius 2 is 2.00 bits per heavy atom. The Morgan fingerprint density at radius 3 is 2.55 bits per heavy atom. The number of hydrogen-bond acceptors (Lipinski definition) is 5. The van der Waals surface area contributed by atoms with Gasteiger partial charge in [0.15, 0.2) is 5.60 Å². The highest BCUT2D eigenvalue weighted by molar-refractivity contribution is 9.10. The summed E-state index contributed by atoms with van der Waals surface area (Å²) in [5.74, 6) is -2.11. The van der Waals surface area contributed by atoms with Gasteiger partial charge in [-0.15, -0.1) is 0 Å². The first-order valence-electron chi connectivity index (χ1n) is 6.06. The fraction of sp³-hybridized carbons (Fsp3) is 0.308. The standard InChI is InChI=1S/C13H15BrN2O6/c1-13(21,11(18)19)6-15-12(20)16-9-4-3-7(14)5-8(9)10(17)22-2/h3-5,21H,6H2,1-2H3,(H,18,19)(H2,15,16,20). The SMILES string of the molecule is COC(=O)c1cc(Br)ccc1NC(=O)NCC(C)(O)C(=O)O. The van der Waals surface area contributed by atoms with Gasteiger partial charge in [-0.3, -0.25) is 0 Å². The maximum Gasteiger partial charge on any atom is 0.340 e. The molecule has 0 aliphatic heterocycles. The number of aliphatic carboxylic acids is 1. The summed E-state index contributed by atoms with van der Waals surface area (Å²) < 4.78 is 5.23. The van der Waals surface area contributed by atoms with Crippen LogP contribution in [0.2, 0.25) is 0 Å². The van der Waals surface area contributed by atoms with Crippen molar-refractivity contribution in [3.05, 3.63) is 28.2 Å². The molecule has 0 saturated heterocycles.